The molecule has 192 valence electrons. The van der Waals surface area contributed by atoms with Gasteiger partial charge >= 0.3 is 0 Å². The minimum Gasteiger partial charge on any atom is -0.493 e. The predicted molar refractivity (Wildman–Crippen MR) is 143 cm³/mol. The van der Waals surface area contributed by atoms with E-state index in [2.05, 4.69) is 28.8 Å². The Labute approximate surface area is 215 Å². The largest absolute Gasteiger partial charge is 0.493 e. The molecule has 0 unspecified atom stereocenters. The van der Waals surface area contributed by atoms with Gasteiger partial charge < -0.3 is 25.0 Å². The van der Waals surface area contributed by atoms with Crippen LogP contribution in [0.2, 0.25) is 0 Å². The van der Waals surface area contributed by atoms with Crippen molar-refractivity contribution in [3.8, 4) is 11.5 Å². The second kappa shape index (κ2) is 13.9. The number of nitrogen functional groups attached to an aromatic ring is 1. The number of para-hydroxylation sites is 1. The highest BCUT2D eigenvalue weighted by Gasteiger charge is 2.16. The number of ether oxygens (including phenoxy) is 2. The van der Waals surface area contributed by atoms with E-state index in [1.807, 2.05) is 24.3 Å². The van der Waals surface area contributed by atoms with Crippen molar-refractivity contribution in [3.05, 3.63) is 53.2 Å². The molecule has 0 spiro atoms. The number of carbonyl (C=O) groups is 1. The van der Waals surface area contributed by atoms with Gasteiger partial charge in [-0.25, -0.2) is 4.98 Å². The molecule has 1 aromatic carbocycles. The van der Waals surface area contributed by atoms with Crippen LogP contribution in [0.25, 0.3) is 6.08 Å². The number of methoxy groups -OCH3 is 1. The Kier molecular flexibility index (Phi) is 11.3. The number of hydrogen-bond donors (Lipinski definition) is 1. The Morgan fingerprint density at radius 3 is 2.66 bits per heavy atom. The number of piperazine rings is 1. The lowest BCUT2D eigenvalue weighted by molar-refractivity contribution is -0.125. The van der Waals surface area contributed by atoms with Gasteiger partial charge in [0, 0.05) is 69.7 Å². The van der Waals surface area contributed by atoms with Gasteiger partial charge in [-0.3, -0.25) is 9.69 Å². The van der Waals surface area contributed by atoms with E-state index in [1.165, 1.54) is 0 Å². The Balaban J connectivity index is 0.00000432. The number of aromatic nitrogens is 1. The summed E-state index contributed by atoms with van der Waals surface area (Å²) in [6.45, 7) is 7.93. The Hall–Kier alpha value is -2.81. The van der Waals surface area contributed by atoms with Gasteiger partial charge in [-0.2, -0.15) is 0 Å². The SMILES string of the molecule is CCCOc1c(CN(C)C(=O)/C=C/c2cnc(N)c(CN3CCN(C)CC3)c2)cccc1OC.Cl. The van der Waals surface area contributed by atoms with Crippen molar-refractivity contribution >= 4 is 30.2 Å². The molecule has 0 saturated carbocycles. The Bertz CT molecular complexity index is 993. The molecular weight excluding hydrogens is 466 g/mol. The molecule has 0 bridgehead atoms. The van der Waals surface area contributed by atoms with E-state index in [1.54, 1.807) is 37.4 Å². The highest BCUT2D eigenvalue weighted by Crippen LogP contribution is 2.32. The quantitative estimate of drug-likeness (QED) is 0.498. The Morgan fingerprint density at radius 2 is 1.97 bits per heavy atom. The topological polar surface area (TPSA) is 84.2 Å². The first-order valence-electron chi connectivity index (χ1n) is 11.8. The number of nitrogens with zero attached hydrogens (tertiary/aromatic N) is 4. The van der Waals surface area contributed by atoms with E-state index in [9.17, 15) is 4.79 Å². The van der Waals surface area contributed by atoms with Crippen LogP contribution in [-0.2, 0) is 17.9 Å². The average molecular weight is 504 g/mol. The van der Waals surface area contributed by atoms with Crippen molar-refractivity contribution in [3.63, 3.8) is 0 Å². The second-order valence-electron chi connectivity index (χ2n) is 8.72. The number of nitrogens with two attached hydrogens (primary N) is 1. The van der Waals surface area contributed by atoms with Crippen LogP contribution in [0, 0.1) is 0 Å². The lowest BCUT2D eigenvalue weighted by atomic mass is 10.1. The van der Waals surface area contributed by atoms with Crippen LogP contribution in [0.15, 0.2) is 36.5 Å². The molecular formula is C26H38ClN5O3. The molecule has 1 amide bonds. The highest BCUT2D eigenvalue weighted by molar-refractivity contribution is 5.91. The smallest absolute Gasteiger partial charge is 0.246 e. The number of anilines is 1. The van der Waals surface area contributed by atoms with Gasteiger partial charge in [0.25, 0.3) is 0 Å². The molecule has 0 aliphatic carbocycles. The summed E-state index contributed by atoms with van der Waals surface area (Å²) >= 11 is 0. The zero-order valence-electron chi connectivity index (χ0n) is 21.2. The number of rotatable bonds is 10. The van der Waals surface area contributed by atoms with E-state index in [0.717, 1.165) is 55.8 Å². The molecule has 1 fully saturated rings. The van der Waals surface area contributed by atoms with Crippen LogP contribution in [0.1, 0.15) is 30.0 Å². The van der Waals surface area contributed by atoms with Gasteiger partial charge in [0.1, 0.15) is 5.82 Å². The van der Waals surface area contributed by atoms with Crippen LogP contribution in [-0.4, -0.2) is 79.6 Å². The van der Waals surface area contributed by atoms with Crippen LogP contribution in [0.3, 0.4) is 0 Å². The number of benzene rings is 1. The molecule has 1 aliphatic heterocycles. The summed E-state index contributed by atoms with van der Waals surface area (Å²) in [6.07, 6.45) is 5.95. The molecule has 1 aromatic heterocycles. The maximum absolute atomic E-state index is 12.8. The highest BCUT2D eigenvalue weighted by atomic mass is 35.5. The molecule has 8 nitrogen and oxygen atoms in total. The minimum absolute atomic E-state index is 0. The van der Waals surface area contributed by atoms with Crippen LogP contribution in [0.4, 0.5) is 5.82 Å². The summed E-state index contributed by atoms with van der Waals surface area (Å²) in [5.41, 5.74) is 8.87. The van der Waals surface area contributed by atoms with Gasteiger partial charge in [-0.1, -0.05) is 19.1 Å². The normalized spacial score (nSPS) is 14.5. The molecule has 9 heteroatoms. The number of carbonyl (C=O) groups excluding carboxylic acids is 1. The minimum atomic E-state index is -0.110. The third kappa shape index (κ3) is 8.13. The van der Waals surface area contributed by atoms with E-state index >= 15 is 0 Å². The van der Waals surface area contributed by atoms with Crippen molar-refractivity contribution in [2.75, 3.05) is 59.7 Å². The zero-order valence-corrected chi connectivity index (χ0v) is 22.0. The van der Waals surface area contributed by atoms with Crippen LogP contribution < -0.4 is 15.2 Å². The second-order valence-corrected chi connectivity index (χ2v) is 8.72. The first-order valence-corrected chi connectivity index (χ1v) is 11.8. The van der Waals surface area contributed by atoms with Crippen molar-refractivity contribution in [2.24, 2.45) is 0 Å². The average Bonchev–Trinajstić information content (AvgIpc) is 2.84. The van der Waals surface area contributed by atoms with Gasteiger partial charge in [-0.15, -0.1) is 12.4 Å². The molecule has 3 rings (SSSR count). The summed E-state index contributed by atoms with van der Waals surface area (Å²) in [5.74, 6) is 1.79. The maximum atomic E-state index is 12.8. The molecule has 35 heavy (non-hydrogen) atoms. The standard InChI is InChI=1S/C26H37N5O3.ClH/c1-5-15-34-25-21(7-6-8-23(25)33-4)18-30(3)24(32)10-9-20-16-22(26(27)28-17-20)19-31-13-11-29(2)12-14-31;/h6-10,16-17H,5,11-15,18-19H2,1-4H3,(H2,27,28);1H/b10-9+;. The van der Waals surface area contributed by atoms with Gasteiger partial charge in [0.2, 0.25) is 5.91 Å². The molecule has 2 N–H and O–H groups in total. The summed E-state index contributed by atoms with van der Waals surface area (Å²) in [5, 5.41) is 0. The third-order valence-electron chi connectivity index (χ3n) is 5.95. The third-order valence-corrected chi connectivity index (χ3v) is 5.95. The van der Waals surface area contributed by atoms with Crippen LogP contribution >= 0.6 is 12.4 Å². The number of pyridine rings is 1. The monoisotopic (exact) mass is 503 g/mol. The van der Waals surface area contributed by atoms with E-state index in [4.69, 9.17) is 15.2 Å². The molecule has 2 heterocycles. The predicted octanol–water partition coefficient (Wildman–Crippen LogP) is 3.30. The fourth-order valence-electron chi connectivity index (χ4n) is 3.85. The maximum Gasteiger partial charge on any atom is 0.246 e. The zero-order chi connectivity index (χ0) is 24.5. The molecule has 0 radical (unpaired) electrons. The van der Waals surface area contributed by atoms with E-state index in [-0.39, 0.29) is 18.3 Å². The summed E-state index contributed by atoms with van der Waals surface area (Å²) in [6, 6.07) is 7.74. The molecule has 1 saturated heterocycles. The fourth-order valence-corrected chi connectivity index (χ4v) is 3.85. The number of hydrogen-bond acceptors (Lipinski definition) is 7. The van der Waals surface area contributed by atoms with Gasteiger partial charge in [0.05, 0.1) is 13.7 Å². The first kappa shape index (κ1) is 28.4. The summed E-state index contributed by atoms with van der Waals surface area (Å²) in [4.78, 5) is 23.5. The van der Waals surface area contributed by atoms with Crippen molar-refractivity contribution in [1.29, 1.82) is 0 Å². The van der Waals surface area contributed by atoms with Crippen molar-refractivity contribution in [1.82, 2.24) is 19.7 Å². The summed E-state index contributed by atoms with van der Waals surface area (Å²) < 4.78 is 11.3. The van der Waals surface area contributed by atoms with E-state index in [0.29, 0.717) is 30.5 Å². The molecule has 0 atom stereocenters. The van der Waals surface area contributed by atoms with E-state index < -0.39 is 0 Å². The Morgan fingerprint density at radius 1 is 1.23 bits per heavy atom. The van der Waals surface area contributed by atoms with Crippen molar-refractivity contribution in [2.45, 2.75) is 26.4 Å². The number of likely N-dealkylation sites (N-methyl/N-ethyl adjacent to an activating group) is 2. The lowest BCUT2D eigenvalue weighted by Gasteiger charge is -2.32. The van der Waals surface area contributed by atoms with Crippen molar-refractivity contribution < 1.29 is 14.3 Å². The van der Waals surface area contributed by atoms with Crippen LogP contribution in [0.5, 0.6) is 11.5 Å². The molecule has 2 aromatic rings. The molecule has 1 aliphatic rings. The fraction of sp³-hybridized carbons (Fsp3) is 0.462. The lowest BCUT2D eigenvalue weighted by Crippen LogP contribution is -2.44. The number of halogens is 1. The van der Waals surface area contributed by atoms with Gasteiger partial charge in [-0.05, 0) is 37.2 Å². The first-order chi connectivity index (χ1) is 16.4. The van der Waals surface area contributed by atoms with Gasteiger partial charge in [0.15, 0.2) is 11.5 Å². The number of amides is 1. The summed E-state index contributed by atoms with van der Waals surface area (Å²) in [7, 11) is 5.53.